The molecule has 0 radical (unpaired) electrons. The lowest BCUT2D eigenvalue weighted by atomic mass is 10.1. The highest BCUT2D eigenvalue weighted by atomic mass is 32.1. The van der Waals surface area contributed by atoms with E-state index in [4.69, 9.17) is 4.74 Å². The first-order valence-corrected chi connectivity index (χ1v) is 9.89. The minimum absolute atomic E-state index is 0.0806. The number of ether oxygens (including phenoxy) is 1. The van der Waals surface area contributed by atoms with Crippen LogP contribution in [0.5, 0.6) is 0 Å². The molecule has 2 fully saturated rings. The Bertz CT molecular complexity index is 570. The Hall–Kier alpha value is -1.44. The number of carbonyl (C=O) groups excluding carboxylic acids is 2. The fraction of sp³-hybridized carbons (Fsp3) is 0.667. The van der Waals surface area contributed by atoms with E-state index in [0.29, 0.717) is 13.0 Å². The van der Waals surface area contributed by atoms with Gasteiger partial charge in [-0.3, -0.25) is 14.5 Å². The Morgan fingerprint density at radius 1 is 1.24 bits per heavy atom. The number of amides is 2. The Labute approximate surface area is 153 Å². The molecule has 3 rings (SSSR count). The molecule has 6 nitrogen and oxygen atoms in total. The Morgan fingerprint density at radius 2 is 2.04 bits per heavy atom. The second-order valence-electron chi connectivity index (χ2n) is 6.66. The SMILES string of the molecule is COCCN1CCN(C(=O)C2CCCN2C(=O)Cc2cccs2)CC1. The van der Waals surface area contributed by atoms with Gasteiger partial charge in [0.15, 0.2) is 0 Å². The lowest BCUT2D eigenvalue weighted by Gasteiger charge is -2.37. The van der Waals surface area contributed by atoms with E-state index in [2.05, 4.69) is 4.90 Å². The predicted molar refractivity (Wildman–Crippen MR) is 97.7 cm³/mol. The van der Waals surface area contributed by atoms with E-state index in [1.807, 2.05) is 22.4 Å². The third kappa shape index (κ3) is 4.59. The van der Waals surface area contributed by atoms with Crippen LogP contribution in [-0.2, 0) is 20.7 Å². The van der Waals surface area contributed by atoms with Crippen LogP contribution in [-0.4, -0.2) is 85.5 Å². The minimum atomic E-state index is -0.266. The molecular formula is C18H27N3O3S. The summed E-state index contributed by atoms with van der Waals surface area (Å²) in [5, 5.41) is 1.98. The highest BCUT2D eigenvalue weighted by molar-refractivity contribution is 7.10. The van der Waals surface area contributed by atoms with Crippen molar-refractivity contribution in [3.05, 3.63) is 22.4 Å². The molecule has 1 atom stereocenters. The van der Waals surface area contributed by atoms with Gasteiger partial charge in [-0.2, -0.15) is 0 Å². The Balaban J connectivity index is 1.53. The zero-order valence-electron chi connectivity index (χ0n) is 14.9. The van der Waals surface area contributed by atoms with Gasteiger partial charge in [-0.05, 0) is 24.3 Å². The maximum atomic E-state index is 12.9. The molecule has 0 N–H and O–H groups in total. The fourth-order valence-corrected chi connectivity index (χ4v) is 4.30. The molecular weight excluding hydrogens is 338 g/mol. The van der Waals surface area contributed by atoms with Crippen LogP contribution in [0.2, 0.25) is 0 Å². The minimum Gasteiger partial charge on any atom is -0.383 e. The zero-order valence-corrected chi connectivity index (χ0v) is 15.7. The summed E-state index contributed by atoms with van der Waals surface area (Å²) in [5.41, 5.74) is 0. The van der Waals surface area contributed by atoms with Gasteiger partial charge in [-0.15, -0.1) is 11.3 Å². The van der Waals surface area contributed by atoms with Gasteiger partial charge < -0.3 is 14.5 Å². The molecule has 0 bridgehead atoms. The largest absolute Gasteiger partial charge is 0.383 e. The van der Waals surface area contributed by atoms with Crippen LogP contribution >= 0.6 is 11.3 Å². The lowest BCUT2D eigenvalue weighted by Crippen LogP contribution is -2.54. The van der Waals surface area contributed by atoms with Crippen molar-refractivity contribution in [2.75, 3.05) is 53.0 Å². The van der Waals surface area contributed by atoms with Crippen molar-refractivity contribution < 1.29 is 14.3 Å². The van der Waals surface area contributed by atoms with Crippen molar-refractivity contribution in [3.8, 4) is 0 Å². The van der Waals surface area contributed by atoms with Gasteiger partial charge in [-0.25, -0.2) is 0 Å². The molecule has 1 unspecified atom stereocenters. The second kappa shape index (κ2) is 8.78. The number of hydrogen-bond acceptors (Lipinski definition) is 5. The number of rotatable bonds is 6. The van der Waals surface area contributed by atoms with Crippen molar-refractivity contribution in [3.63, 3.8) is 0 Å². The van der Waals surface area contributed by atoms with E-state index in [0.717, 1.165) is 57.0 Å². The van der Waals surface area contributed by atoms with Gasteiger partial charge in [0.05, 0.1) is 13.0 Å². The van der Waals surface area contributed by atoms with Crippen LogP contribution in [0.3, 0.4) is 0 Å². The first-order chi connectivity index (χ1) is 12.2. The van der Waals surface area contributed by atoms with Gasteiger partial charge in [0, 0.05) is 51.3 Å². The highest BCUT2D eigenvalue weighted by Crippen LogP contribution is 2.22. The smallest absolute Gasteiger partial charge is 0.245 e. The van der Waals surface area contributed by atoms with Crippen molar-refractivity contribution >= 4 is 23.2 Å². The van der Waals surface area contributed by atoms with Crippen molar-refractivity contribution in [1.82, 2.24) is 14.7 Å². The molecule has 3 heterocycles. The third-order valence-corrected chi connectivity index (χ3v) is 5.94. The molecule has 138 valence electrons. The molecule has 0 saturated carbocycles. The van der Waals surface area contributed by atoms with Crippen molar-refractivity contribution in [2.45, 2.75) is 25.3 Å². The predicted octanol–water partition coefficient (Wildman–Crippen LogP) is 1.07. The summed E-state index contributed by atoms with van der Waals surface area (Å²) in [6.07, 6.45) is 2.12. The number of piperazine rings is 1. The van der Waals surface area contributed by atoms with E-state index in [-0.39, 0.29) is 17.9 Å². The van der Waals surface area contributed by atoms with Crippen LogP contribution in [0.15, 0.2) is 17.5 Å². The fourth-order valence-electron chi connectivity index (χ4n) is 3.61. The van der Waals surface area contributed by atoms with E-state index in [9.17, 15) is 9.59 Å². The Morgan fingerprint density at radius 3 is 2.72 bits per heavy atom. The van der Waals surface area contributed by atoms with E-state index in [1.165, 1.54) is 0 Å². The average Bonchev–Trinajstić information content (AvgIpc) is 3.31. The molecule has 0 aromatic carbocycles. The lowest BCUT2D eigenvalue weighted by molar-refractivity contribution is -0.144. The molecule has 25 heavy (non-hydrogen) atoms. The average molecular weight is 365 g/mol. The molecule has 7 heteroatoms. The molecule has 2 aliphatic heterocycles. The molecule has 1 aromatic rings. The summed E-state index contributed by atoms with van der Waals surface area (Å²) in [6.45, 7) is 5.58. The van der Waals surface area contributed by atoms with Crippen LogP contribution < -0.4 is 0 Å². The number of nitrogens with zero attached hydrogens (tertiary/aromatic N) is 3. The first-order valence-electron chi connectivity index (χ1n) is 9.01. The van der Waals surface area contributed by atoms with Gasteiger partial charge >= 0.3 is 0 Å². The summed E-state index contributed by atoms with van der Waals surface area (Å²) < 4.78 is 5.12. The van der Waals surface area contributed by atoms with Gasteiger partial charge in [0.2, 0.25) is 11.8 Å². The second-order valence-corrected chi connectivity index (χ2v) is 7.69. The number of thiophene rings is 1. The van der Waals surface area contributed by atoms with Crippen LogP contribution in [0.1, 0.15) is 17.7 Å². The summed E-state index contributed by atoms with van der Waals surface area (Å²) in [5.74, 6) is 0.209. The number of hydrogen-bond donors (Lipinski definition) is 0. The van der Waals surface area contributed by atoms with E-state index in [1.54, 1.807) is 23.3 Å². The highest BCUT2D eigenvalue weighted by Gasteiger charge is 2.37. The molecule has 2 amide bonds. The normalized spacial score (nSPS) is 21.7. The molecule has 0 aliphatic carbocycles. The quantitative estimate of drug-likeness (QED) is 0.757. The van der Waals surface area contributed by atoms with Crippen molar-refractivity contribution in [1.29, 1.82) is 0 Å². The van der Waals surface area contributed by atoms with Gasteiger partial charge in [0.25, 0.3) is 0 Å². The maximum absolute atomic E-state index is 12.9. The monoisotopic (exact) mass is 365 g/mol. The molecule has 0 spiro atoms. The summed E-state index contributed by atoms with van der Waals surface area (Å²) >= 11 is 1.60. The van der Waals surface area contributed by atoms with E-state index >= 15 is 0 Å². The number of likely N-dealkylation sites (tertiary alicyclic amines) is 1. The van der Waals surface area contributed by atoms with Gasteiger partial charge in [-0.1, -0.05) is 6.07 Å². The summed E-state index contributed by atoms with van der Waals surface area (Å²) in [7, 11) is 1.71. The standard InChI is InChI=1S/C18H27N3O3S/c1-24-12-11-19-7-9-20(10-8-19)18(23)16-5-2-6-21(16)17(22)14-15-4-3-13-25-15/h3-4,13,16H,2,5-12,14H2,1H3. The van der Waals surface area contributed by atoms with E-state index < -0.39 is 0 Å². The third-order valence-electron chi connectivity index (χ3n) is 5.06. The zero-order chi connectivity index (χ0) is 17.6. The number of methoxy groups -OCH3 is 1. The first kappa shape index (κ1) is 18.4. The Kier molecular flexibility index (Phi) is 6.45. The molecule has 2 saturated heterocycles. The van der Waals surface area contributed by atoms with Gasteiger partial charge in [0.1, 0.15) is 6.04 Å². The number of carbonyl (C=O) groups is 2. The molecule has 2 aliphatic rings. The van der Waals surface area contributed by atoms with Crippen molar-refractivity contribution in [2.24, 2.45) is 0 Å². The van der Waals surface area contributed by atoms with Crippen LogP contribution in [0.25, 0.3) is 0 Å². The van der Waals surface area contributed by atoms with Crippen LogP contribution in [0.4, 0.5) is 0 Å². The summed E-state index contributed by atoms with van der Waals surface area (Å²) in [6, 6.07) is 3.68. The molecule has 1 aromatic heterocycles. The summed E-state index contributed by atoms with van der Waals surface area (Å²) in [4.78, 5) is 32.7. The van der Waals surface area contributed by atoms with Crippen LogP contribution in [0, 0.1) is 0 Å². The topological polar surface area (TPSA) is 53.1 Å². The maximum Gasteiger partial charge on any atom is 0.245 e.